The third kappa shape index (κ3) is 4.01. The number of aryl methyl sites for hydroxylation is 3. The van der Waals surface area contributed by atoms with Crippen molar-refractivity contribution in [2.24, 2.45) is 0 Å². The highest BCUT2D eigenvalue weighted by Gasteiger charge is 2.11. The zero-order valence-electron chi connectivity index (χ0n) is 14.5. The number of H-pyrrole nitrogens is 1. The number of rotatable bonds is 6. The van der Waals surface area contributed by atoms with E-state index >= 15 is 0 Å². The number of nitrogens with zero attached hydrogens (tertiary/aromatic N) is 1. The van der Waals surface area contributed by atoms with E-state index in [1.165, 1.54) is 0 Å². The molecule has 124 valence electrons. The Labute approximate surface area is 137 Å². The highest BCUT2D eigenvalue weighted by molar-refractivity contribution is 5.83. The fraction of sp³-hybridized carbons (Fsp3) is 0.474. The summed E-state index contributed by atoms with van der Waals surface area (Å²) in [4.78, 5) is 29.1. The average Bonchev–Trinajstić information content (AvgIpc) is 2.54. The van der Waals surface area contributed by atoms with Crippen molar-refractivity contribution in [1.82, 2.24) is 9.88 Å². The minimum Gasteiger partial charge on any atom is -0.346 e. The average molecular weight is 314 g/mol. The summed E-state index contributed by atoms with van der Waals surface area (Å²) in [5, 5.41) is 1.02. The molecule has 0 aliphatic carbocycles. The lowest BCUT2D eigenvalue weighted by atomic mass is 10.0. The van der Waals surface area contributed by atoms with Crippen molar-refractivity contribution in [2.45, 2.75) is 46.5 Å². The van der Waals surface area contributed by atoms with Crippen LogP contribution in [0.1, 0.15) is 42.9 Å². The first-order chi connectivity index (χ1) is 10.9. The zero-order chi connectivity index (χ0) is 17.0. The number of nitrogens with one attached hydrogen (secondary N) is 1. The van der Waals surface area contributed by atoms with E-state index in [4.69, 9.17) is 0 Å². The van der Waals surface area contributed by atoms with Crippen molar-refractivity contribution < 1.29 is 4.79 Å². The number of hydrogen-bond acceptors (Lipinski definition) is 2. The molecule has 1 N–H and O–H groups in total. The smallest absolute Gasteiger partial charge is 0.251 e. The van der Waals surface area contributed by atoms with Gasteiger partial charge in [-0.05, 0) is 49.3 Å². The monoisotopic (exact) mass is 314 g/mol. The van der Waals surface area contributed by atoms with Gasteiger partial charge < -0.3 is 9.88 Å². The van der Waals surface area contributed by atoms with Crippen molar-refractivity contribution >= 4 is 16.8 Å². The van der Waals surface area contributed by atoms with Crippen LogP contribution < -0.4 is 5.56 Å². The molecule has 2 rings (SSSR count). The summed E-state index contributed by atoms with van der Waals surface area (Å²) in [6.45, 7) is 6.93. The van der Waals surface area contributed by atoms with Gasteiger partial charge in [0.1, 0.15) is 0 Å². The molecule has 0 spiro atoms. The normalized spacial score (nSPS) is 11.0. The predicted octanol–water partition coefficient (Wildman–Crippen LogP) is 3.34. The van der Waals surface area contributed by atoms with Gasteiger partial charge in [0.25, 0.3) is 5.56 Å². The highest BCUT2D eigenvalue weighted by Crippen LogP contribution is 2.19. The molecule has 23 heavy (non-hydrogen) atoms. The molecule has 0 aliphatic heterocycles. The summed E-state index contributed by atoms with van der Waals surface area (Å²) < 4.78 is 0. The molecule has 2 aromatic rings. The van der Waals surface area contributed by atoms with Crippen LogP contribution in [-0.4, -0.2) is 29.4 Å². The van der Waals surface area contributed by atoms with E-state index in [2.05, 4.69) is 18.0 Å². The second kappa shape index (κ2) is 7.44. The van der Waals surface area contributed by atoms with Crippen molar-refractivity contribution in [3.05, 3.63) is 45.2 Å². The van der Waals surface area contributed by atoms with E-state index in [9.17, 15) is 9.59 Å². The van der Waals surface area contributed by atoms with Gasteiger partial charge in [-0.15, -0.1) is 0 Å². The first kappa shape index (κ1) is 17.3. The van der Waals surface area contributed by atoms with E-state index in [-0.39, 0.29) is 11.5 Å². The van der Waals surface area contributed by atoms with Crippen LogP contribution in [0, 0.1) is 13.8 Å². The van der Waals surface area contributed by atoms with Gasteiger partial charge in [0, 0.05) is 25.6 Å². The van der Waals surface area contributed by atoms with Crippen LogP contribution in [0.4, 0.5) is 0 Å². The number of benzene rings is 1. The number of unbranched alkanes of at least 4 members (excludes halogenated alkanes) is 1. The maximum atomic E-state index is 12.3. The molecule has 0 bridgehead atoms. The zero-order valence-corrected chi connectivity index (χ0v) is 14.5. The molecule has 0 atom stereocenters. The quantitative estimate of drug-likeness (QED) is 0.889. The molecule has 1 amide bonds. The van der Waals surface area contributed by atoms with Crippen LogP contribution in [0.25, 0.3) is 10.9 Å². The molecule has 1 heterocycles. The lowest BCUT2D eigenvalue weighted by molar-refractivity contribution is -0.129. The molecule has 4 heteroatoms. The molecule has 4 nitrogen and oxygen atoms in total. The van der Waals surface area contributed by atoms with Crippen LogP contribution >= 0.6 is 0 Å². The lowest BCUT2D eigenvalue weighted by Crippen LogP contribution is -2.28. The first-order valence-electron chi connectivity index (χ1n) is 8.30. The molecular formula is C19H26N2O2. The van der Waals surface area contributed by atoms with Crippen LogP contribution in [0.15, 0.2) is 23.0 Å². The van der Waals surface area contributed by atoms with E-state index in [0.29, 0.717) is 18.4 Å². The van der Waals surface area contributed by atoms with Crippen molar-refractivity contribution in [3.8, 4) is 0 Å². The Bertz CT molecular complexity index is 762. The molecule has 0 radical (unpaired) electrons. The number of hydrogen-bond donors (Lipinski definition) is 1. The van der Waals surface area contributed by atoms with E-state index in [1.54, 1.807) is 4.90 Å². The Morgan fingerprint density at radius 2 is 2.00 bits per heavy atom. The topological polar surface area (TPSA) is 53.2 Å². The predicted molar refractivity (Wildman–Crippen MR) is 94.9 cm³/mol. The van der Waals surface area contributed by atoms with Gasteiger partial charge in [0.2, 0.25) is 5.91 Å². The molecule has 1 aromatic carbocycles. The van der Waals surface area contributed by atoms with Crippen LogP contribution in [0.2, 0.25) is 0 Å². The molecule has 0 saturated carbocycles. The van der Waals surface area contributed by atoms with Gasteiger partial charge in [-0.1, -0.05) is 25.5 Å². The molecular weight excluding hydrogens is 288 g/mol. The number of pyridine rings is 1. The second-order valence-corrected chi connectivity index (χ2v) is 6.26. The summed E-state index contributed by atoms with van der Waals surface area (Å²) >= 11 is 0. The highest BCUT2D eigenvalue weighted by atomic mass is 16.2. The second-order valence-electron chi connectivity index (χ2n) is 6.26. The van der Waals surface area contributed by atoms with Gasteiger partial charge in [0.05, 0.1) is 5.52 Å². The Morgan fingerprint density at radius 1 is 1.26 bits per heavy atom. The van der Waals surface area contributed by atoms with Crippen LogP contribution in [-0.2, 0) is 11.2 Å². The number of aromatic amines is 1. The standard InChI is InChI=1S/C19H26N2O2/c1-5-6-11-21(4)17(22)10-9-16-12-15-8-7-13(2)14(3)18(15)20-19(16)23/h7-8,12H,5-6,9-11H2,1-4H3,(H,20,23). The van der Waals surface area contributed by atoms with Crippen molar-refractivity contribution in [2.75, 3.05) is 13.6 Å². The third-order valence-electron chi connectivity index (χ3n) is 4.51. The summed E-state index contributed by atoms with van der Waals surface area (Å²) in [6, 6.07) is 6.00. The largest absolute Gasteiger partial charge is 0.346 e. The van der Waals surface area contributed by atoms with Crippen LogP contribution in [0.3, 0.4) is 0 Å². The van der Waals surface area contributed by atoms with Gasteiger partial charge in [-0.25, -0.2) is 0 Å². The number of fused-ring (bicyclic) bond motifs is 1. The molecule has 1 aromatic heterocycles. The number of amides is 1. The maximum Gasteiger partial charge on any atom is 0.251 e. The SMILES string of the molecule is CCCCN(C)C(=O)CCc1cc2ccc(C)c(C)c2[nH]c1=O. The maximum absolute atomic E-state index is 12.3. The summed E-state index contributed by atoms with van der Waals surface area (Å²) in [7, 11) is 1.83. The minimum absolute atomic E-state index is 0.0878. The Morgan fingerprint density at radius 3 is 2.70 bits per heavy atom. The van der Waals surface area contributed by atoms with Gasteiger partial charge in [0.15, 0.2) is 0 Å². The molecule has 0 fully saturated rings. The fourth-order valence-electron chi connectivity index (χ4n) is 2.71. The first-order valence-corrected chi connectivity index (χ1v) is 8.30. The molecule has 0 saturated heterocycles. The van der Waals surface area contributed by atoms with Crippen LogP contribution in [0.5, 0.6) is 0 Å². The number of aromatic nitrogens is 1. The summed E-state index contributed by atoms with van der Waals surface area (Å²) in [5.41, 5.74) is 3.74. The van der Waals surface area contributed by atoms with Crippen molar-refractivity contribution in [1.29, 1.82) is 0 Å². The van der Waals surface area contributed by atoms with Gasteiger partial charge >= 0.3 is 0 Å². The number of carbonyl (C=O) groups excluding carboxylic acids is 1. The van der Waals surface area contributed by atoms with E-state index in [0.717, 1.165) is 41.4 Å². The Balaban J connectivity index is 2.15. The Kier molecular flexibility index (Phi) is 5.59. The van der Waals surface area contributed by atoms with Gasteiger partial charge in [-0.3, -0.25) is 9.59 Å². The lowest BCUT2D eigenvalue weighted by Gasteiger charge is -2.16. The fourth-order valence-corrected chi connectivity index (χ4v) is 2.71. The van der Waals surface area contributed by atoms with Gasteiger partial charge in [-0.2, -0.15) is 0 Å². The van der Waals surface area contributed by atoms with Crippen molar-refractivity contribution in [3.63, 3.8) is 0 Å². The Hall–Kier alpha value is -2.10. The number of carbonyl (C=O) groups is 1. The van der Waals surface area contributed by atoms with E-state index in [1.807, 2.05) is 33.0 Å². The minimum atomic E-state index is -0.0878. The molecule has 0 aliphatic rings. The third-order valence-corrected chi connectivity index (χ3v) is 4.51. The van der Waals surface area contributed by atoms with E-state index < -0.39 is 0 Å². The summed E-state index contributed by atoms with van der Waals surface area (Å²) in [5.74, 6) is 0.0954. The molecule has 0 unspecified atom stereocenters. The summed E-state index contributed by atoms with van der Waals surface area (Å²) in [6.07, 6.45) is 2.94.